The van der Waals surface area contributed by atoms with E-state index in [1.54, 1.807) is 24.3 Å². The molecular weight excluding hydrogens is 426 g/mol. The second-order valence-corrected chi connectivity index (χ2v) is 8.84. The zero-order valence-corrected chi connectivity index (χ0v) is 14.2. The second kappa shape index (κ2) is 5.50. The summed E-state index contributed by atoms with van der Waals surface area (Å²) in [5, 5.41) is 0.447. The van der Waals surface area contributed by atoms with Crippen LogP contribution in [0, 0.1) is 0 Å². The van der Waals surface area contributed by atoms with Gasteiger partial charge in [-0.05, 0) is 56.1 Å². The molecule has 1 heterocycles. The molecule has 0 saturated carbocycles. The molecule has 1 aromatic carbocycles. The highest BCUT2D eigenvalue weighted by molar-refractivity contribution is 9.11. The Hall–Kier alpha value is -0.0800. The smallest absolute Gasteiger partial charge is 0.271 e. The van der Waals surface area contributed by atoms with Gasteiger partial charge in [0.1, 0.15) is 4.21 Å². The maximum absolute atomic E-state index is 12.1. The van der Waals surface area contributed by atoms with E-state index in [0.717, 1.165) is 15.1 Å². The van der Waals surface area contributed by atoms with Gasteiger partial charge < -0.3 is 0 Å². The molecule has 2 aromatic rings. The van der Waals surface area contributed by atoms with Gasteiger partial charge in [-0.1, -0.05) is 17.7 Å². The minimum Gasteiger partial charge on any atom is -0.278 e. The first-order valence-electron chi connectivity index (χ1n) is 4.62. The van der Waals surface area contributed by atoms with Crippen molar-refractivity contribution in [3.63, 3.8) is 0 Å². The van der Waals surface area contributed by atoms with Crippen LogP contribution in [0.5, 0.6) is 0 Å². The van der Waals surface area contributed by atoms with Gasteiger partial charge in [0.15, 0.2) is 0 Å². The highest BCUT2D eigenvalue weighted by Crippen LogP contribution is 2.33. The van der Waals surface area contributed by atoms with E-state index in [1.165, 1.54) is 6.07 Å². The van der Waals surface area contributed by atoms with Crippen molar-refractivity contribution in [2.45, 2.75) is 4.21 Å². The summed E-state index contributed by atoms with van der Waals surface area (Å²) in [5.41, 5.74) is 0.409. The van der Waals surface area contributed by atoms with Crippen molar-refractivity contribution >= 4 is 70.5 Å². The fraction of sp³-hybridized carbons (Fsp3) is 0. The quantitative estimate of drug-likeness (QED) is 0.764. The van der Waals surface area contributed by atoms with E-state index in [1.807, 2.05) is 0 Å². The zero-order chi connectivity index (χ0) is 13.3. The van der Waals surface area contributed by atoms with E-state index in [-0.39, 0.29) is 4.21 Å². The molecular formula is C10H6Br2ClNO2S2. The van der Waals surface area contributed by atoms with Crippen molar-refractivity contribution in [3.8, 4) is 0 Å². The maximum atomic E-state index is 12.1. The van der Waals surface area contributed by atoms with E-state index < -0.39 is 10.0 Å². The van der Waals surface area contributed by atoms with Crippen LogP contribution in [0.3, 0.4) is 0 Å². The molecule has 0 aliphatic carbocycles. The summed E-state index contributed by atoms with van der Waals surface area (Å²) in [7, 11) is -3.58. The van der Waals surface area contributed by atoms with Crippen molar-refractivity contribution in [2.24, 2.45) is 0 Å². The number of nitrogens with one attached hydrogen (secondary N) is 1. The van der Waals surface area contributed by atoms with Crippen molar-refractivity contribution in [3.05, 3.63) is 43.6 Å². The SMILES string of the molecule is O=S(=O)(Nc1cccc(Cl)c1Br)c1ccc(Br)s1. The summed E-state index contributed by atoms with van der Waals surface area (Å²) in [6.07, 6.45) is 0. The van der Waals surface area contributed by atoms with Crippen LogP contribution in [0.2, 0.25) is 5.02 Å². The van der Waals surface area contributed by atoms with Gasteiger partial charge in [0.25, 0.3) is 10.0 Å². The lowest BCUT2D eigenvalue weighted by Gasteiger charge is -2.08. The first-order valence-corrected chi connectivity index (χ1v) is 8.89. The number of benzene rings is 1. The van der Waals surface area contributed by atoms with Crippen molar-refractivity contribution in [1.82, 2.24) is 0 Å². The van der Waals surface area contributed by atoms with Gasteiger partial charge in [-0.2, -0.15) is 0 Å². The molecule has 1 N–H and O–H groups in total. The van der Waals surface area contributed by atoms with Crippen LogP contribution in [-0.4, -0.2) is 8.42 Å². The summed E-state index contributed by atoms with van der Waals surface area (Å²) >= 11 is 13.5. The standard InChI is InChI=1S/C10H6Br2ClNO2S2/c11-8-4-5-9(17-8)18(15,16)14-7-3-1-2-6(13)10(7)12/h1-5,14H. The Bertz CT molecular complexity index is 685. The minimum atomic E-state index is -3.58. The third-order valence-corrected chi connectivity index (χ3v) is 6.89. The van der Waals surface area contributed by atoms with E-state index in [9.17, 15) is 8.42 Å². The molecule has 0 fully saturated rings. The van der Waals surface area contributed by atoms with Crippen molar-refractivity contribution < 1.29 is 8.42 Å². The zero-order valence-electron chi connectivity index (χ0n) is 8.65. The molecule has 0 aliphatic heterocycles. The van der Waals surface area contributed by atoms with Gasteiger partial charge in [0.05, 0.1) is 19.0 Å². The molecule has 0 unspecified atom stereocenters. The number of anilines is 1. The molecule has 0 spiro atoms. The Morgan fingerprint density at radius 3 is 2.50 bits per heavy atom. The fourth-order valence-electron chi connectivity index (χ4n) is 1.22. The normalized spacial score (nSPS) is 11.5. The van der Waals surface area contributed by atoms with Crippen molar-refractivity contribution in [2.75, 3.05) is 4.72 Å². The second-order valence-electron chi connectivity index (χ2n) is 3.27. The van der Waals surface area contributed by atoms with Crippen LogP contribution in [0.15, 0.2) is 42.8 Å². The first kappa shape index (κ1) is 14.3. The van der Waals surface area contributed by atoms with Gasteiger partial charge in [-0.3, -0.25) is 4.72 Å². The van der Waals surface area contributed by atoms with Gasteiger partial charge >= 0.3 is 0 Å². The van der Waals surface area contributed by atoms with Crippen molar-refractivity contribution in [1.29, 1.82) is 0 Å². The molecule has 0 aliphatic rings. The molecule has 3 nitrogen and oxygen atoms in total. The van der Waals surface area contributed by atoms with Crippen LogP contribution in [0.1, 0.15) is 0 Å². The largest absolute Gasteiger partial charge is 0.278 e. The van der Waals surface area contributed by atoms with Gasteiger partial charge in [-0.25, -0.2) is 8.42 Å². The van der Waals surface area contributed by atoms with Gasteiger partial charge in [0, 0.05) is 0 Å². The minimum absolute atomic E-state index is 0.237. The Morgan fingerprint density at radius 1 is 1.17 bits per heavy atom. The molecule has 1 aromatic heterocycles. The average Bonchev–Trinajstić information content (AvgIpc) is 2.72. The summed E-state index contributed by atoms with van der Waals surface area (Å²) in [5.74, 6) is 0. The predicted molar refractivity (Wildman–Crippen MR) is 82.0 cm³/mol. The average molecular weight is 432 g/mol. The lowest BCUT2D eigenvalue weighted by Crippen LogP contribution is -2.11. The monoisotopic (exact) mass is 429 g/mol. The third-order valence-electron chi connectivity index (χ3n) is 2.01. The van der Waals surface area contributed by atoms with Crippen LogP contribution in [-0.2, 0) is 10.0 Å². The highest BCUT2D eigenvalue weighted by atomic mass is 79.9. The summed E-state index contributed by atoms with van der Waals surface area (Å²) in [4.78, 5) is 0. The maximum Gasteiger partial charge on any atom is 0.271 e. The van der Waals surface area contributed by atoms with E-state index in [4.69, 9.17) is 11.6 Å². The number of hydrogen-bond acceptors (Lipinski definition) is 3. The third kappa shape index (κ3) is 3.08. The highest BCUT2D eigenvalue weighted by Gasteiger charge is 2.18. The number of hydrogen-bond donors (Lipinski definition) is 1. The number of rotatable bonds is 3. The van der Waals surface area contributed by atoms with E-state index in [2.05, 4.69) is 36.6 Å². The predicted octanol–water partition coefficient (Wildman–Crippen LogP) is 4.73. The van der Waals surface area contributed by atoms with Crippen LogP contribution >= 0.6 is 54.8 Å². The summed E-state index contributed by atoms with van der Waals surface area (Å²) in [6, 6.07) is 8.21. The fourth-order valence-corrected chi connectivity index (χ4v) is 4.97. The van der Waals surface area contributed by atoms with Crippen LogP contribution in [0.4, 0.5) is 5.69 Å². The summed E-state index contributed by atoms with van der Waals surface area (Å²) < 4.78 is 28.2. The van der Waals surface area contributed by atoms with E-state index >= 15 is 0 Å². The Balaban J connectivity index is 2.37. The molecule has 0 atom stereocenters. The Labute approximate surface area is 130 Å². The lowest BCUT2D eigenvalue weighted by molar-refractivity contribution is 0.603. The molecule has 96 valence electrons. The Morgan fingerprint density at radius 2 is 1.89 bits per heavy atom. The molecule has 18 heavy (non-hydrogen) atoms. The Kier molecular flexibility index (Phi) is 4.38. The topological polar surface area (TPSA) is 46.2 Å². The number of thiophene rings is 1. The molecule has 0 radical (unpaired) electrons. The van der Waals surface area contributed by atoms with E-state index in [0.29, 0.717) is 15.2 Å². The molecule has 0 amide bonds. The van der Waals surface area contributed by atoms with Gasteiger partial charge in [-0.15, -0.1) is 11.3 Å². The van der Waals surface area contributed by atoms with Crippen LogP contribution < -0.4 is 4.72 Å². The molecule has 8 heteroatoms. The number of halogens is 3. The molecule has 0 bridgehead atoms. The molecule has 2 rings (SSSR count). The lowest BCUT2D eigenvalue weighted by atomic mass is 10.3. The number of sulfonamides is 1. The summed E-state index contributed by atoms with van der Waals surface area (Å²) in [6.45, 7) is 0. The van der Waals surface area contributed by atoms with Crippen LogP contribution in [0.25, 0.3) is 0 Å². The van der Waals surface area contributed by atoms with Gasteiger partial charge in [0.2, 0.25) is 0 Å². The first-order chi connectivity index (χ1) is 8.40. The molecule has 0 saturated heterocycles.